The van der Waals surface area contributed by atoms with Crippen molar-refractivity contribution in [1.82, 2.24) is 9.55 Å². The Kier molecular flexibility index (Phi) is 3.68. The van der Waals surface area contributed by atoms with Crippen molar-refractivity contribution in [3.05, 3.63) is 24.0 Å². The summed E-state index contributed by atoms with van der Waals surface area (Å²) in [7, 11) is 0. The fraction of sp³-hybridized carbons (Fsp3) is 0.588. The van der Waals surface area contributed by atoms with Crippen LogP contribution in [0, 0.1) is 5.92 Å². The highest BCUT2D eigenvalue weighted by molar-refractivity contribution is 5.79. The quantitative estimate of drug-likeness (QED) is 0.841. The topological polar surface area (TPSA) is 43.8 Å². The van der Waals surface area contributed by atoms with E-state index in [9.17, 15) is 0 Å². The molecule has 3 nitrogen and oxygen atoms in total. The van der Waals surface area contributed by atoms with Gasteiger partial charge in [0.25, 0.3) is 0 Å². The zero-order valence-corrected chi connectivity index (χ0v) is 12.6. The number of rotatable bonds is 4. The van der Waals surface area contributed by atoms with Crippen molar-refractivity contribution in [2.75, 3.05) is 5.73 Å². The first-order valence-electron chi connectivity index (χ1n) is 7.91. The number of imidazole rings is 1. The van der Waals surface area contributed by atoms with Gasteiger partial charge in [-0.3, -0.25) is 0 Å². The average molecular weight is 271 g/mol. The third-order valence-electron chi connectivity index (χ3n) is 4.55. The van der Waals surface area contributed by atoms with Gasteiger partial charge in [-0.25, -0.2) is 4.98 Å². The molecule has 1 aliphatic rings. The second-order valence-electron chi connectivity index (χ2n) is 6.46. The van der Waals surface area contributed by atoms with Crippen LogP contribution in [0.25, 0.3) is 11.0 Å². The number of nitrogen functional groups attached to an aromatic ring is 1. The van der Waals surface area contributed by atoms with Gasteiger partial charge in [0.15, 0.2) is 0 Å². The summed E-state index contributed by atoms with van der Waals surface area (Å²) >= 11 is 0. The maximum Gasteiger partial charge on any atom is 0.112 e. The Morgan fingerprint density at radius 3 is 2.75 bits per heavy atom. The zero-order valence-electron chi connectivity index (χ0n) is 12.6. The molecule has 1 aliphatic carbocycles. The third kappa shape index (κ3) is 2.54. The van der Waals surface area contributed by atoms with Crippen LogP contribution in [0.1, 0.15) is 57.7 Å². The fourth-order valence-electron chi connectivity index (χ4n) is 3.45. The van der Waals surface area contributed by atoms with E-state index in [2.05, 4.69) is 24.5 Å². The van der Waals surface area contributed by atoms with Crippen molar-refractivity contribution in [1.29, 1.82) is 0 Å². The van der Waals surface area contributed by atoms with Gasteiger partial charge >= 0.3 is 0 Å². The molecule has 0 bridgehead atoms. The van der Waals surface area contributed by atoms with Crippen LogP contribution in [0.15, 0.2) is 18.2 Å². The average Bonchev–Trinajstić information content (AvgIpc) is 3.02. The van der Waals surface area contributed by atoms with Crippen LogP contribution in [0.5, 0.6) is 0 Å². The molecule has 2 N–H and O–H groups in total. The van der Waals surface area contributed by atoms with Crippen LogP contribution in [0.4, 0.5) is 5.69 Å². The Bertz CT molecular complexity index is 592. The van der Waals surface area contributed by atoms with E-state index >= 15 is 0 Å². The molecule has 3 rings (SSSR count). The number of nitrogens with zero attached hydrogens (tertiary/aromatic N) is 2. The lowest BCUT2D eigenvalue weighted by atomic mass is 10.0. The van der Waals surface area contributed by atoms with E-state index in [1.165, 1.54) is 43.4 Å². The molecule has 1 heterocycles. The van der Waals surface area contributed by atoms with Gasteiger partial charge in [0.05, 0.1) is 11.0 Å². The molecule has 0 spiro atoms. The van der Waals surface area contributed by atoms with Crippen LogP contribution < -0.4 is 5.73 Å². The van der Waals surface area contributed by atoms with E-state index < -0.39 is 0 Å². The molecule has 0 unspecified atom stereocenters. The van der Waals surface area contributed by atoms with Gasteiger partial charge in [-0.05, 0) is 30.5 Å². The third-order valence-corrected chi connectivity index (χ3v) is 4.55. The number of fused-ring (bicyclic) bond motifs is 1. The van der Waals surface area contributed by atoms with Crippen molar-refractivity contribution in [3.63, 3.8) is 0 Å². The monoisotopic (exact) mass is 271 g/mol. The molecule has 0 radical (unpaired) electrons. The van der Waals surface area contributed by atoms with Crippen molar-refractivity contribution in [2.45, 2.75) is 58.4 Å². The van der Waals surface area contributed by atoms with Crippen LogP contribution in [-0.4, -0.2) is 9.55 Å². The lowest BCUT2D eigenvalue weighted by Gasteiger charge is -2.14. The van der Waals surface area contributed by atoms with Gasteiger partial charge < -0.3 is 10.3 Å². The number of anilines is 1. The molecule has 1 aromatic carbocycles. The summed E-state index contributed by atoms with van der Waals surface area (Å²) in [6, 6.07) is 6.10. The molecule has 3 heteroatoms. The van der Waals surface area contributed by atoms with Gasteiger partial charge in [-0.15, -0.1) is 0 Å². The van der Waals surface area contributed by atoms with E-state index in [1.54, 1.807) is 0 Å². The minimum atomic E-state index is 0.451. The predicted octanol–water partition coefficient (Wildman–Crippen LogP) is 4.32. The molecule has 2 aromatic rings. The summed E-state index contributed by atoms with van der Waals surface area (Å²) in [6.07, 6.45) is 6.95. The molecule has 1 fully saturated rings. The molecule has 0 saturated heterocycles. The second kappa shape index (κ2) is 5.47. The summed E-state index contributed by atoms with van der Waals surface area (Å²) in [6.45, 7) is 5.53. The molecule has 20 heavy (non-hydrogen) atoms. The number of nitrogens with two attached hydrogens (primary N) is 1. The molecular weight excluding hydrogens is 246 g/mol. The highest BCUT2D eigenvalue weighted by Crippen LogP contribution is 2.30. The van der Waals surface area contributed by atoms with Crippen molar-refractivity contribution >= 4 is 16.7 Å². The first kappa shape index (κ1) is 13.5. The first-order valence-corrected chi connectivity index (χ1v) is 7.91. The Morgan fingerprint density at radius 1 is 1.30 bits per heavy atom. The molecule has 108 valence electrons. The van der Waals surface area contributed by atoms with Gasteiger partial charge in [0, 0.05) is 18.2 Å². The Hall–Kier alpha value is -1.51. The second-order valence-corrected chi connectivity index (χ2v) is 6.46. The van der Waals surface area contributed by atoms with E-state index in [-0.39, 0.29) is 0 Å². The summed E-state index contributed by atoms with van der Waals surface area (Å²) < 4.78 is 2.41. The summed E-state index contributed by atoms with van der Waals surface area (Å²) in [5, 5.41) is 0. The minimum absolute atomic E-state index is 0.451. The number of aryl methyl sites for hydroxylation is 1. The largest absolute Gasteiger partial charge is 0.399 e. The number of benzene rings is 1. The Balaban J connectivity index is 1.91. The molecule has 1 aromatic heterocycles. The van der Waals surface area contributed by atoms with Crippen LogP contribution in [0.2, 0.25) is 0 Å². The van der Waals surface area contributed by atoms with Gasteiger partial charge in [-0.1, -0.05) is 39.5 Å². The summed E-state index contributed by atoms with van der Waals surface area (Å²) in [4.78, 5) is 4.80. The number of aromatic nitrogens is 2. The predicted molar refractivity (Wildman–Crippen MR) is 84.8 cm³/mol. The van der Waals surface area contributed by atoms with Gasteiger partial charge in [0.2, 0.25) is 0 Å². The van der Waals surface area contributed by atoms with Gasteiger partial charge in [0.1, 0.15) is 5.82 Å². The SMILES string of the molecule is CC(C)c1nc2cc(N)ccc2n1CCC1CCCC1. The van der Waals surface area contributed by atoms with E-state index in [1.807, 2.05) is 12.1 Å². The highest BCUT2D eigenvalue weighted by atomic mass is 15.1. The molecular formula is C17H25N3. The highest BCUT2D eigenvalue weighted by Gasteiger charge is 2.18. The van der Waals surface area contributed by atoms with Crippen molar-refractivity contribution in [3.8, 4) is 0 Å². The molecule has 0 amide bonds. The normalized spacial score (nSPS) is 16.6. The maximum absolute atomic E-state index is 5.88. The van der Waals surface area contributed by atoms with Crippen LogP contribution in [-0.2, 0) is 6.54 Å². The van der Waals surface area contributed by atoms with Crippen molar-refractivity contribution < 1.29 is 0 Å². The first-order chi connectivity index (χ1) is 9.65. The minimum Gasteiger partial charge on any atom is -0.399 e. The number of hydrogen-bond donors (Lipinski definition) is 1. The summed E-state index contributed by atoms with van der Waals surface area (Å²) in [5.41, 5.74) is 8.96. The standard InChI is InChI=1S/C17H25N3/c1-12(2)17-19-15-11-14(18)7-8-16(15)20(17)10-9-13-5-3-4-6-13/h7-8,11-13H,3-6,9-10,18H2,1-2H3. The molecule has 1 saturated carbocycles. The smallest absolute Gasteiger partial charge is 0.112 e. The Labute approximate surface area is 121 Å². The Morgan fingerprint density at radius 2 is 2.05 bits per heavy atom. The van der Waals surface area contributed by atoms with Gasteiger partial charge in [-0.2, -0.15) is 0 Å². The van der Waals surface area contributed by atoms with E-state index in [0.29, 0.717) is 5.92 Å². The van der Waals surface area contributed by atoms with Crippen LogP contribution in [0.3, 0.4) is 0 Å². The van der Waals surface area contributed by atoms with E-state index in [4.69, 9.17) is 10.7 Å². The molecule has 0 aliphatic heterocycles. The molecule has 0 atom stereocenters. The van der Waals surface area contributed by atoms with Crippen LogP contribution >= 0.6 is 0 Å². The number of hydrogen-bond acceptors (Lipinski definition) is 2. The maximum atomic E-state index is 5.88. The van der Waals surface area contributed by atoms with E-state index in [0.717, 1.165) is 23.7 Å². The lowest BCUT2D eigenvalue weighted by molar-refractivity contribution is 0.453. The van der Waals surface area contributed by atoms with Crippen molar-refractivity contribution in [2.24, 2.45) is 5.92 Å². The summed E-state index contributed by atoms with van der Waals surface area (Å²) in [5.74, 6) is 2.57. The fourth-order valence-corrected chi connectivity index (χ4v) is 3.45. The zero-order chi connectivity index (χ0) is 14.1. The lowest BCUT2D eigenvalue weighted by Crippen LogP contribution is -2.08.